The van der Waals surface area contributed by atoms with Crippen molar-refractivity contribution in [2.75, 3.05) is 6.54 Å². The molecule has 84 valence electrons. The van der Waals surface area contributed by atoms with Crippen LogP contribution in [0.3, 0.4) is 0 Å². The minimum absolute atomic E-state index is 0.318. The fourth-order valence-electron chi connectivity index (χ4n) is 2.11. The summed E-state index contributed by atoms with van der Waals surface area (Å²) in [7, 11) is 0. The smallest absolute Gasteiger partial charge is 0.169 e. The first-order valence-electron chi connectivity index (χ1n) is 5.35. The van der Waals surface area contributed by atoms with E-state index in [0.717, 1.165) is 23.4 Å². The van der Waals surface area contributed by atoms with Crippen LogP contribution in [0.25, 0.3) is 0 Å². The van der Waals surface area contributed by atoms with Gasteiger partial charge in [0.15, 0.2) is 4.67 Å². The summed E-state index contributed by atoms with van der Waals surface area (Å²) in [6, 6.07) is 3.81. The number of halogens is 1. The summed E-state index contributed by atoms with van der Waals surface area (Å²) in [6.45, 7) is 1.28. The van der Waals surface area contributed by atoms with Gasteiger partial charge < -0.3 is 14.9 Å². The lowest BCUT2D eigenvalue weighted by Gasteiger charge is -2.17. The predicted octanol–water partition coefficient (Wildman–Crippen LogP) is 2.69. The average Bonchev–Trinajstić information content (AvgIpc) is 2.83. The standard InChI is InChI=1S/C11H16BrNO2/c12-11-5-4-9(15-11)7-14-10-3-1-2-8(10)6-13/h4-5,8,10H,1-3,6-7,13H2. The van der Waals surface area contributed by atoms with Gasteiger partial charge >= 0.3 is 0 Å². The third-order valence-corrected chi connectivity index (χ3v) is 3.39. The first-order chi connectivity index (χ1) is 7.29. The van der Waals surface area contributed by atoms with Gasteiger partial charge in [0.25, 0.3) is 0 Å². The Morgan fingerprint density at radius 2 is 2.33 bits per heavy atom. The van der Waals surface area contributed by atoms with Crippen LogP contribution in [0.15, 0.2) is 21.2 Å². The van der Waals surface area contributed by atoms with E-state index in [4.69, 9.17) is 14.9 Å². The Labute approximate surface area is 98.1 Å². The predicted molar refractivity (Wildman–Crippen MR) is 61.4 cm³/mol. The summed E-state index contributed by atoms with van der Waals surface area (Å²) >= 11 is 3.27. The lowest BCUT2D eigenvalue weighted by Crippen LogP contribution is -2.25. The highest BCUT2D eigenvalue weighted by molar-refractivity contribution is 9.10. The molecule has 3 nitrogen and oxygen atoms in total. The summed E-state index contributed by atoms with van der Waals surface area (Å²) in [6.07, 6.45) is 3.88. The lowest BCUT2D eigenvalue weighted by molar-refractivity contribution is 0.00962. The number of hydrogen-bond acceptors (Lipinski definition) is 3. The lowest BCUT2D eigenvalue weighted by atomic mass is 10.1. The monoisotopic (exact) mass is 273 g/mol. The second-order valence-electron chi connectivity index (χ2n) is 3.98. The second kappa shape index (κ2) is 5.14. The summed E-state index contributed by atoms with van der Waals surface area (Å²) in [4.78, 5) is 0. The highest BCUT2D eigenvalue weighted by Crippen LogP contribution is 2.28. The third-order valence-electron chi connectivity index (χ3n) is 2.96. The first-order valence-corrected chi connectivity index (χ1v) is 6.15. The molecule has 0 saturated heterocycles. The van der Waals surface area contributed by atoms with E-state index >= 15 is 0 Å². The summed E-state index contributed by atoms with van der Waals surface area (Å²) in [5.41, 5.74) is 5.69. The Morgan fingerprint density at radius 3 is 3.00 bits per heavy atom. The molecule has 0 aromatic carbocycles. The van der Waals surface area contributed by atoms with Crippen LogP contribution in [0.4, 0.5) is 0 Å². The largest absolute Gasteiger partial charge is 0.452 e. The summed E-state index contributed by atoms with van der Waals surface area (Å²) in [5.74, 6) is 1.40. The van der Waals surface area contributed by atoms with Crippen molar-refractivity contribution in [2.24, 2.45) is 11.7 Å². The molecule has 0 aliphatic heterocycles. The van der Waals surface area contributed by atoms with Crippen LogP contribution in [0, 0.1) is 5.92 Å². The van der Waals surface area contributed by atoms with Crippen LogP contribution in [0.5, 0.6) is 0 Å². The van der Waals surface area contributed by atoms with E-state index in [1.54, 1.807) is 0 Å². The van der Waals surface area contributed by atoms with E-state index in [-0.39, 0.29) is 0 Å². The Hall–Kier alpha value is -0.320. The van der Waals surface area contributed by atoms with E-state index < -0.39 is 0 Å². The maximum Gasteiger partial charge on any atom is 0.169 e. The van der Waals surface area contributed by atoms with E-state index in [0.29, 0.717) is 18.6 Å². The molecule has 1 aliphatic rings. The van der Waals surface area contributed by atoms with Gasteiger partial charge in [-0.15, -0.1) is 0 Å². The molecule has 1 aromatic rings. The zero-order valence-electron chi connectivity index (χ0n) is 8.62. The Kier molecular flexibility index (Phi) is 3.83. The Balaban J connectivity index is 1.82. The number of rotatable bonds is 4. The van der Waals surface area contributed by atoms with Crippen molar-refractivity contribution in [2.45, 2.75) is 32.0 Å². The average molecular weight is 274 g/mol. The van der Waals surface area contributed by atoms with Gasteiger partial charge in [-0.05, 0) is 53.4 Å². The molecule has 0 spiro atoms. The fraction of sp³-hybridized carbons (Fsp3) is 0.636. The number of nitrogens with two attached hydrogens (primary N) is 1. The molecule has 0 bridgehead atoms. The molecule has 1 aliphatic carbocycles. The van der Waals surface area contributed by atoms with Crippen LogP contribution in [-0.4, -0.2) is 12.6 Å². The maximum atomic E-state index is 5.81. The molecular weight excluding hydrogens is 258 g/mol. The van der Waals surface area contributed by atoms with E-state index in [1.807, 2.05) is 12.1 Å². The van der Waals surface area contributed by atoms with Crippen molar-refractivity contribution in [1.82, 2.24) is 0 Å². The zero-order valence-corrected chi connectivity index (χ0v) is 10.2. The minimum atomic E-state index is 0.318. The Bertz CT molecular complexity index is 313. The van der Waals surface area contributed by atoms with Crippen molar-refractivity contribution >= 4 is 15.9 Å². The Morgan fingerprint density at radius 1 is 1.47 bits per heavy atom. The number of furan rings is 1. The van der Waals surface area contributed by atoms with Gasteiger partial charge in [0.05, 0.1) is 6.10 Å². The minimum Gasteiger partial charge on any atom is -0.452 e. The topological polar surface area (TPSA) is 48.4 Å². The third kappa shape index (κ3) is 2.83. The molecule has 2 rings (SSSR count). The second-order valence-corrected chi connectivity index (χ2v) is 4.76. The molecule has 1 heterocycles. The highest BCUT2D eigenvalue weighted by atomic mass is 79.9. The van der Waals surface area contributed by atoms with Crippen molar-refractivity contribution in [3.05, 3.63) is 22.6 Å². The molecule has 4 heteroatoms. The number of hydrogen-bond donors (Lipinski definition) is 1. The van der Waals surface area contributed by atoms with E-state index in [9.17, 15) is 0 Å². The van der Waals surface area contributed by atoms with Gasteiger partial charge in [-0.1, -0.05) is 6.42 Å². The van der Waals surface area contributed by atoms with Crippen LogP contribution in [0.2, 0.25) is 0 Å². The summed E-state index contributed by atoms with van der Waals surface area (Å²) < 4.78 is 11.9. The highest BCUT2D eigenvalue weighted by Gasteiger charge is 2.26. The van der Waals surface area contributed by atoms with Crippen LogP contribution in [-0.2, 0) is 11.3 Å². The van der Waals surface area contributed by atoms with E-state index in [2.05, 4.69) is 15.9 Å². The molecule has 0 amide bonds. The quantitative estimate of drug-likeness (QED) is 0.918. The van der Waals surface area contributed by atoms with Crippen LogP contribution >= 0.6 is 15.9 Å². The summed E-state index contributed by atoms with van der Waals surface area (Å²) in [5, 5.41) is 0. The fourth-order valence-corrected chi connectivity index (χ4v) is 2.45. The van der Waals surface area contributed by atoms with Gasteiger partial charge in [-0.25, -0.2) is 0 Å². The molecule has 1 fully saturated rings. The van der Waals surface area contributed by atoms with Gasteiger partial charge in [-0.3, -0.25) is 0 Å². The van der Waals surface area contributed by atoms with Crippen molar-refractivity contribution in [3.8, 4) is 0 Å². The first kappa shape index (κ1) is 11.2. The van der Waals surface area contributed by atoms with Crippen molar-refractivity contribution in [1.29, 1.82) is 0 Å². The van der Waals surface area contributed by atoms with E-state index in [1.165, 1.54) is 12.8 Å². The molecule has 2 unspecified atom stereocenters. The molecule has 1 aromatic heterocycles. The van der Waals surface area contributed by atoms with Crippen molar-refractivity contribution in [3.63, 3.8) is 0 Å². The molecule has 0 radical (unpaired) electrons. The SMILES string of the molecule is NCC1CCCC1OCc1ccc(Br)o1. The molecule has 1 saturated carbocycles. The van der Waals surface area contributed by atoms with Crippen LogP contribution < -0.4 is 5.73 Å². The van der Waals surface area contributed by atoms with Crippen molar-refractivity contribution < 1.29 is 9.15 Å². The molecular formula is C11H16BrNO2. The molecule has 2 atom stereocenters. The van der Waals surface area contributed by atoms with Gasteiger partial charge in [0.1, 0.15) is 12.4 Å². The van der Waals surface area contributed by atoms with Gasteiger partial charge in [-0.2, -0.15) is 0 Å². The molecule has 15 heavy (non-hydrogen) atoms. The zero-order chi connectivity index (χ0) is 10.7. The normalized spacial score (nSPS) is 26.0. The van der Waals surface area contributed by atoms with Gasteiger partial charge in [0, 0.05) is 0 Å². The number of ether oxygens (including phenoxy) is 1. The maximum absolute atomic E-state index is 5.81. The van der Waals surface area contributed by atoms with Crippen LogP contribution in [0.1, 0.15) is 25.0 Å². The molecule has 2 N–H and O–H groups in total. The van der Waals surface area contributed by atoms with Gasteiger partial charge in [0.2, 0.25) is 0 Å².